The first-order valence-electron chi connectivity index (χ1n) is 7.67. The summed E-state index contributed by atoms with van der Waals surface area (Å²) in [5.41, 5.74) is 1.32. The third-order valence-electron chi connectivity index (χ3n) is 3.48. The molecule has 0 atom stereocenters. The van der Waals surface area contributed by atoms with Gasteiger partial charge in [-0.1, -0.05) is 18.2 Å². The zero-order chi connectivity index (χ0) is 16.9. The predicted octanol–water partition coefficient (Wildman–Crippen LogP) is 3.38. The molecule has 24 heavy (non-hydrogen) atoms. The number of carbonyl (C=O) groups is 1. The van der Waals surface area contributed by atoms with Gasteiger partial charge in [0.15, 0.2) is 5.06 Å². The summed E-state index contributed by atoms with van der Waals surface area (Å²) in [7, 11) is 3.95. The van der Waals surface area contributed by atoms with Crippen molar-refractivity contribution in [3.63, 3.8) is 0 Å². The Hall–Kier alpha value is -2.44. The van der Waals surface area contributed by atoms with Crippen LogP contribution in [0.4, 0.5) is 0 Å². The number of aromatic nitrogens is 1. The lowest BCUT2D eigenvalue weighted by Crippen LogP contribution is -2.31. The third-order valence-corrected chi connectivity index (χ3v) is 4.23. The summed E-state index contributed by atoms with van der Waals surface area (Å²) in [6.07, 6.45) is 0. The summed E-state index contributed by atoms with van der Waals surface area (Å²) in [5.74, 6) is 0.306. The molecule has 0 saturated carbocycles. The number of fused-ring (bicyclic) bond motifs is 1. The molecule has 0 radical (unpaired) electrons. The number of ether oxygens (including phenoxy) is 1. The number of para-hydroxylation sites is 1. The lowest BCUT2D eigenvalue weighted by Gasteiger charge is -2.12. The van der Waals surface area contributed by atoms with Gasteiger partial charge in [0.05, 0.1) is 11.1 Å². The molecule has 1 aromatic carbocycles. The van der Waals surface area contributed by atoms with E-state index in [0.29, 0.717) is 18.0 Å². The van der Waals surface area contributed by atoms with Gasteiger partial charge in [-0.2, -0.15) is 0 Å². The lowest BCUT2D eigenvalue weighted by atomic mass is 10.1. The van der Waals surface area contributed by atoms with Crippen LogP contribution >= 0.6 is 11.3 Å². The number of carbonyl (C=O) groups excluding carboxylic acids is 1. The summed E-state index contributed by atoms with van der Waals surface area (Å²) >= 11 is 1.49. The van der Waals surface area contributed by atoms with Gasteiger partial charge in [-0.05, 0) is 37.7 Å². The maximum atomic E-state index is 12.6. The number of likely N-dealkylation sites (N-methyl/N-ethyl adjacent to an activating group) is 1. The summed E-state index contributed by atoms with van der Waals surface area (Å²) in [5, 5.41) is 6.45. The van der Waals surface area contributed by atoms with E-state index >= 15 is 0 Å². The molecule has 6 heteroatoms. The van der Waals surface area contributed by atoms with Crippen LogP contribution in [0.25, 0.3) is 10.9 Å². The van der Waals surface area contributed by atoms with E-state index in [1.54, 1.807) is 6.07 Å². The molecule has 5 nitrogen and oxygen atoms in total. The number of benzene rings is 1. The fraction of sp³-hybridized carbons (Fsp3) is 0.222. The minimum Gasteiger partial charge on any atom is -0.428 e. The van der Waals surface area contributed by atoms with Gasteiger partial charge in [0.1, 0.15) is 0 Å². The molecule has 3 rings (SSSR count). The van der Waals surface area contributed by atoms with E-state index in [1.807, 2.05) is 60.8 Å². The van der Waals surface area contributed by atoms with E-state index < -0.39 is 0 Å². The van der Waals surface area contributed by atoms with Gasteiger partial charge in [0.25, 0.3) is 5.91 Å². The summed E-state index contributed by atoms with van der Waals surface area (Å²) in [6.45, 7) is 1.37. The maximum Gasteiger partial charge on any atom is 0.252 e. The van der Waals surface area contributed by atoms with Crippen molar-refractivity contribution in [1.29, 1.82) is 0 Å². The molecule has 0 saturated heterocycles. The molecule has 2 heterocycles. The lowest BCUT2D eigenvalue weighted by molar-refractivity contribution is 0.0952. The second-order valence-corrected chi connectivity index (χ2v) is 6.53. The topological polar surface area (TPSA) is 54.5 Å². The molecule has 3 aromatic rings. The number of pyridine rings is 1. The average Bonchev–Trinajstić information content (AvgIpc) is 3.06. The molecule has 0 aliphatic heterocycles. The Morgan fingerprint density at radius 1 is 1.25 bits per heavy atom. The summed E-state index contributed by atoms with van der Waals surface area (Å²) < 4.78 is 5.78. The van der Waals surface area contributed by atoms with Crippen LogP contribution in [0.5, 0.6) is 10.9 Å². The van der Waals surface area contributed by atoms with Crippen LogP contribution in [0.1, 0.15) is 10.4 Å². The fourth-order valence-electron chi connectivity index (χ4n) is 2.30. The van der Waals surface area contributed by atoms with Crippen molar-refractivity contribution in [3.05, 3.63) is 53.4 Å². The zero-order valence-electron chi connectivity index (χ0n) is 13.7. The third kappa shape index (κ3) is 3.90. The van der Waals surface area contributed by atoms with Gasteiger partial charge in [-0.3, -0.25) is 4.79 Å². The van der Waals surface area contributed by atoms with Crippen molar-refractivity contribution in [2.75, 3.05) is 27.2 Å². The molecule has 0 aliphatic rings. The van der Waals surface area contributed by atoms with Crippen molar-refractivity contribution in [2.24, 2.45) is 0 Å². The fourth-order valence-corrected chi connectivity index (χ4v) is 2.89. The molecular formula is C18H19N3O2S. The summed E-state index contributed by atoms with van der Waals surface area (Å²) in [6, 6.07) is 13.1. The zero-order valence-corrected chi connectivity index (χ0v) is 14.5. The number of hydrogen-bond acceptors (Lipinski definition) is 5. The maximum absolute atomic E-state index is 12.6. The first-order valence-corrected chi connectivity index (χ1v) is 8.55. The molecule has 0 bridgehead atoms. The van der Waals surface area contributed by atoms with Gasteiger partial charge in [-0.25, -0.2) is 4.98 Å². The van der Waals surface area contributed by atoms with E-state index in [-0.39, 0.29) is 5.91 Å². The number of nitrogens with zero attached hydrogens (tertiary/aromatic N) is 2. The van der Waals surface area contributed by atoms with E-state index in [9.17, 15) is 4.79 Å². The second kappa shape index (κ2) is 7.42. The van der Waals surface area contributed by atoms with Crippen molar-refractivity contribution in [1.82, 2.24) is 15.2 Å². The van der Waals surface area contributed by atoms with E-state index in [0.717, 1.165) is 22.5 Å². The predicted molar refractivity (Wildman–Crippen MR) is 97.0 cm³/mol. The number of hydrogen-bond donors (Lipinski definition) is 1. The van der Waals surface area contributed by atoms with Crippen LogP contribution in [-0.2, 0) is 0 Å². The number of nitrogens with one attached hydrogen (secondary N) is 1. The van der Waals surface area contributed by atoms with Crippen LogP contribution in [0.3, 0.4) is 0 Å². The highest BCUT2D eigenvalue weighted by Crippen LogP contribution is 2.28. The average molecular weight is 341 g/mol. The van der Waals surface area contributed by atoms with Crippen LogP contribution in [-0.4, -0.2) is 43.0 Å². The minimum atomic E-state index is -0.119. The molecule has 1 N–H and O–H groups in total. The van der Waals surface area contributed by atoms with Crippen LogP contribution in [0.2, 0.25) is 0 Å². The number of amides is 1. The molecule has 124 valence electrons. The van der Waals surface area contributed by atoms with Crippen molar-refractivity contribution in [3.8, 4) is 10.9 Å². The number of rotatable bonds is 6. The first kappa shape index (κ1) is 16.4. The standard InChI is InChI=1S/C18H19N3O2S/c1-21(2)10-9-19-18(22)14-12-16(23-17-8-5-11-24-17)20-15-7-4-3-6-13(14)15/h3-8,11-12H,9-10H2,1-2H3,(H,19,22). The monoisotopic (exact) mass is 341 g/mol. The molecule has 0 unspecified atom stereocenters. The van der Waals surface area contributed by atoms with Crippen LogP contribution in [0.15, 0.2) is 47.8 Å². The van der Waals surface area contributed by atoms with Crippen molar-refractivity contribution >= 4 is 28.1 Å². The van der Waals surface area contributed by atoms with Gasteiger partial charge < -0.3 is 15.0 Å². The molecule has 0 spiro atoms. The van der Waals surface area contributed by atoms with E-state index in [1.165, 1.54) is 11.3 Å². The Labute approximate surface area is 144 Å². The van der Waals surface area contributed by atoms with Crippen molar-refractivity contribution < 1.29 is 9.53 Å². The molecule has 0 aliphatic carbocycles. The van der Waals surface area contributed by atoms with Gasteiger partial charge >= 0.3 is 0 Å². The highest BCUT2D eigenvalue weighted by molar-refractivity contribution is 7.11. The van der Waals surface area contributed by atoms with Gasteiger partial charge in [0, 0.05) is 24.5 Å². The normalized spacial score (nSPS) is 11.0. The highest BCUT2D eigenvalue weighted by Gasteiger charge is 2.14. The number of thiophene rings is 1. The van der Waals surface area contributed by atoms with Crippen LogP contribution in [0, 0.1) is 0 Å². The van der Waals surface area contributed by atoms with Crippen molar-refractivity contribution in [2.45, 2.75) is 0 Å². The second-order valence-electron chi connectivity index (χ2n) is 5.62. The highest BCUT2D eigenvalue weighted by atomic mass is 32.1. The van der Waals surface area contributed by atoms with E-state index in [2.05, 4.69) is 10.3 Å². The smallest absolute Gasteiger partial charge is 0.252 e. The molecular weight excluding hydrogens is 322 g/mol. The Bertz CT molecular complexity index is 831. The molecule has 1 amide bonds. The van der Waals surface area contributed by atoms with E-state index in [4.69, 9.17) is 4.74 Å². The molecule has 0 fully saturated rings. The van der Waals surface area contributed by atoms with Gasteiger partial charge in [0.2, 0.25) is 5.88 Å². The largest absolute Gasteiger partial charge is 0.428 e. The minimum absolute atomic E-state index is 0.119. The molecule has 2 aromatic heterocycles. The van der Waals surface area contributed by atoms with Gasteiger partial charge in [-0.15, -0.1) is 11.3 Å². The van der Waals surface area contributed by atoms with Crippen LogP contribution < -0.4 is 10.1 Å². The Kier molecular flexibility index (Phi) is 5.08. The Balaban J connectivity index is 1.90. The SMILES string of the molecule is CN(C)CCNC(=O)c1cc(Oc2cccs2)nc2ccccc12. The first-order chi connectivity index (χ1) is 11.6. The quantitative estimate of drug-likeness (QED) is 0.747. The summed E-state index contributed by atoms with van der Waals surface area (Å²) in [4.78, 5) is 19.1. The Morgan fingerprint density at radius 3 is 2.83 bits per heavy atom. The Morgan fingerprint density at radius 2 is 2.08 bits per heavy atom.